The van der Waals surface area contributed by atoms with Crippen molar-refractivity contribution in [3.63, 3.8) is 0 Å². The molecule has 0 bridgehead atoms. The van der Waals surface area contributed by atoms with Gasteiger partial charge in [0, 0.05) is 31.6 Å². The van der Waals surface area contributed by atoms with Crippen molar-refractivity contribution < 1.29 is 14.3 Å². The number of likely N-dealkylation sites (tertiary alicyclic amines) is 1. The van der Waals surface area contributed by atoms with E-state index in [2.05, 4.69) is 22.3 Å². The van der Waals surface area contributed by atoms with Gasteiger partial charge in [-0.25, -0.2) is 0 Å². The van der Waals surface area contributed by atoms with Crippen molar-refractivity contribution in [1.29, 1.82) is 0 Å². The van der Waals surface area contributed by atoms with Crippen molar-refractivity contribution in [2.45, 2.75) is 63.3 Å². The van der Waals surface area contributed by atoms with E-state index >= 15 is 0 Å². The third kappa shape index (κ3) is 4.94. The zero-order valence-corrected chi connectivity index (χ0v) is 18.0. The summed E-state index contributed by atoms with van der Waals surface area (Å²) in [5.74, 6) is 2.19. The Balaban J connectivity index is 1.05. The lowest BCUT2D eigenvalue weighted by Gasteiger charge is -2.52. The summed E-state index contributed by atoms with van der Waals surface area (Å²) in [7, 11) is 0. The molecule has 0 unspecified atom stereocenters. The van der Waals surface area contributed by atoms with Crippen LogP contribution in [0.25, 0.3) is 0 Å². The average Bonchev–Trinajstić information content (AvgIpc) is 3.33. The van der Waals surface area contributed by atoms with E-state index in [4.69, 9.17) is 9.47 Å². The summed E-state index contributed by atoms with van der Waals surface area (Å²) < 4.78 is 12.2. The van der Waals surface area contributed by atoms with E-state index in [0.29, 0.717) is 18.7 Å². The molecule has 1 amide bonds. The van der Waals surface area contributed by atoms with E-state index in [1.807, 2.05) is 42.5 Å². The molecule has 2 aliphatic heterocycles. The maximum atomic E-state index is 12.2. The Labute approximate surface area is 184 Å². The number of benzene rings is 2. The highest BCUT2D eigenvalue weighted by molar-refractivity contribution is 5.78. The number of carbonyl (C=O) groups excluding carboxylic acids is 1. The summed E-state index contributed by atoms with van der Waals surface area (Å²) >= 11 is 0. The van der Waals surface area contributed by atoms with Gasteiger partial charge in [-0.2, -0.15) is 0 Å². The monoisotopic (exact) mass is 420 g/mol. The summed E-state index contributed by atoms with van der Waals surface area (Å²) in [5, 5.41) is 3.14. The Morgan fingerprint density at radius 1 is 0.968 bits per heavy atom. The number of hydrogen-bond donors (Lipinski definition) is 1. The Morgan fingerprint density at radius 3 is 2.45 bits per heavy atom. The summed E-state index contributed by atoms with van der Waals surface area (Å²) in [5.41, 5.74) is 1.30. The van der Waals surface area contributed by atoms with Crippen LogP contribution >= 0.6 is 0 Å². The van der Waals surface area contributed by atoms with Gasteiger partial charge in [0.1, 0.15) is 11.5 Å². The Hall–Kier alpha value is -2.37. The van der Waals surface area contributed by atoms with E-state index in [-0.39, 0.29) is 17.9 Å². The molecule has 2 aromatic rings. The minimum absolute atomic E-state index is 0.170. The molecule has 1 saturated carbocycles. The fraction of sp³-hybridized carbons (Fsp3) is 0.500. The number of carbonyl (C=O) groups is 1. The summed E-state index contributed by atoms with van der Waals surface area (Å²) in [4.78, 5) is 14.8. The van der Waals surface area contributed by atoms with Gasteiger partial charge in [0.15, 0.2) is 0 Å². The van der Waals surface area contributed by atoms with Gasteiger partial charge in [-0.15, -0.1) is 0 Å². The number of amides is 1. The normalized spacial score (nSPS) is 26.1. The predicted octanol–water partition coefficient (Wildman–Crippen LogP) is 4.52. The predicted molar refractivity (Wildman–Crippen MR) is 120 cm³/mol. The Morgan fingerprint density at radius 2 is 1.71 bits per heavy atom. The molecule has 2 aromatic carbocycles. The van der Waals surface area contributed by atoms with Crippen LogP contribution in [0.5, 0.6) is 11.5 Å². The maximum absolute atomic E-state index is 12.2. The summed E-state index contributed by atoms with van der Waals surface area (Å²) in [6, 6.07) is 18.7. The summed E-state index contributed by atoms with van der Waals surface area (Å²) in [6.07, 6.45) is 7.13. The van der Waals surface area contributed by atoms with E-state index in [1.54, 1.807) is 0 Å². The number of rotatable bonds is 7. The van der Waals surface area contributed by atoms with Gasteiger partial charge >= 0.3 is 0 Å². The molecule has 164 valence electrons. The van der Waals surface area contributed by atoms with Crippen molar-refractivity contribution in [3.05, 3.63) is 60.2 Å². The lowest BCUT2D eigenvalue weighted by Crippen LogP contribution is -2.64. The number of nitrogens with one attached hydrogen (secondary N) is 1. The molecule has 2 saturated heterocycles. The van der Waals surface area contributed by atoms with Gasteiger partial charge < -0.3 is 14.8 Å². The van der Waals surface area contributed by atoms with Crippen LogP contribution in [0, 0.1) is 5.92 Å². The van der Waals surface area contributed by atoms with Crippen LogP contribution in [-0.2, 0) is 16.1 Å². The van der Waals surface area contributed by atoms with Crippen molar-refractivity contribution >= 4 is 5.91 Å². The number of nitrogens with zero attached hydrogens (tertiary/aromatic N) is 1. The van der Waals surface area contributed by atoms with Crippen molar-refractivity contribution in [1.82, 2.24) is 10.2 Å². The molecule has 3 atom stereocenters. The molecule has 1 aliphatic carbocycles. The Bertz CT molecular complexity index is 864. The Kier molecular flexibility index (Phi) is 6.23. The van der Waals surface area contributed by atoms with Crippen LogP contribution in [0.2, 0.25) is 0 Å². The van der Waals surface area contributed by atoms with Crippen LogP contribution in [0.1, 0.15) is 44.1 Å². The highest BCUT2D eigenvalue weighted by atomic mass is 16.5. The zero-order chi connectivity index (χ0) is 21.0. The molecule has 1 N–H and O–H groups in total. The molecule has 5 nitrogen and oxygen atoms in total. The van der Waals surface area contributed by atoms with Crippen molar-refractivity contribution in [2.24, 2.45) is 5.92 Å². The van der Waals surface area contributed by atoms with E-state index in [1.165, 1.54) is 18.4 Å². The molecular weight excluding hydrogens is 388 g/mol. The van der Waals surface area contributed by atoms with Gasteiger partial charge in [-0.05, 0) is 55.5 Å². The number of para-hydroxylation sites is 1. The molecule has 0 spiro atoms. The standard InChI is InChI=1S/C26H32N2O3/c29-26(20-6-4-5-7-20)27-16-23-14-15-24-25(31-23)18-28(24)17-19-10-12-22(13-11-19)30-21-8-2-1-3-9-21/h1-3,8-13,20,23-25H,4-7,14-18H2,(H,27,29)/t23-,24+,25+/m0/s1. The van der Waals surface area contributed by atoms with Gasteiger partial charge in [0.25, 0.3) is 0 Å². The molecule has 0 aromatic heterocycles. The third-order valence-electron chi connectivity index (χ3n) is 6.98. The molecule has 2 heterocycles. The quantitative estimate of drug-likeness (QED) is 0.716. The fourth-order valence-corrected chi connectivity index (χ4v) is 5.16. The number of fused-ring (bicyclic) bond motifs is 1. The largest absolute Gasteiger partial charge is 0.457 e. The topological polar surface area (TPSA) is 50.8 Å². The van der Waals surface area contributed by atoms with Gasteiger partial charge in [0.2, 0.25) is 5.91 Å². The number of hydrogen-bond acceptors (Lipinski definition) is 4. The van der Waals surface area contributed by atoms with Crippen LogP contribution in [-0.4, -0.2) is 42.1 Å². The first-order valence-corrected chi connectivity index (χ1v) is 11.7. The lowest BCUT2D eigenvalue weighted by atomic mass is 9.89. The second-order valence-electron chi connectivity index (χ2n) is 9.16. The number of ether oxygens (including phenoxy) is 2. The third-order valence-corrected chi connectivity index (χ3v) is 6.98. The minimum Gasteiger partial charge on any atom is -0.457 e. The van der Waals surface area contributed by atoms with Crippen LogP contribution in [0.4, 0.5) is 0 Å². The molecule has 3 aliphatic rings. The molecular formula is C26H32N2O3. The molecule has 31 heavy (non-hydrogen) atoms. The maximum Gasteiger partial charge on any atom is 0.223 e. The minimum atomic E-state index is 0.170. The van der Waals surface area contributed by atoms with E-state index < -0.39 is 0 Å². The fourth-order valence-electron chi connectivity index (χ4n) is 5.16. The first-order chi connectivity index (χ1) is 15.2. The first kappa shape index (κ1) is 20.5. The van der Waals surface area contributed by atoms with Crippen LogP contribution < -0.4 is 10.1 Å². The molecule has 0 radical (unpaired) electrons. The summed E-state index contributed by atoms with van der Waals surface area (Å²) in [6.45, 7) is 2.58. The molecule has 5 rings (SSSR count). The van der Waals surface area contributed by atoms with Crippen molar-refractivity contribution in [3.8, 4) is 11.5 Å². The SMILES string of the molecule is O=C(NC[C@@H]1CC[C@@H]2[C@@H](CN2Cc2ccc(Oc3ccccc3)cc2)O1)C1CCCC1. The van der Waals surface area contributed by atoms with Crippen LogP contribution in [0.15, 0.2) is 54.6 Å². The van der Waals surface area contributed by atoms with Gasteiger partial charge in [-0.1, -0.05) is 43.2 Å². The molecule has 3 fully saturated rings. The van der Waals surface area contributed by atoms with Crippen LogP contribution in [0.3, 0.4) is 0 Å². The van der Waals surface area contributed by atoms with E-state index in [0.717, 1.165) is 50.3 Å². The van der Waals surface area contributed by atoms with Gasteiger partial charge in [0.05, 0.1) is 12.2 Å². The molecule has 5 heteroatoms. The zero-order valence-electron chi connectivity index (χ0n) is 18.0. The average molecular weight is 421 g/mol. The highest BCUT2D eigenvalue weighted by Crippen LogP contribution is 2.34. The van der Waals surface area contributed by atoms with Gasteiger partial charge in [-0.3, -0.25) is 9.69 Å². The second-order valence-corrected chi connectivity index (χ2v) is 9.16. The highest BCUT2D eigenvalue weighted by Gasteiger charge is 2.43. The first-order valence-electron chi connectivity index (χ1n) is 11.7. The van der Waals surface area contributed by atoms with Crippen molar-refractivity contribution in [2.75, 3.05) is 13.1 Å². The second kappa shape index (κ2) is 9.41. The smallest absolute Gasteiger partial charge is 0.223 e. The lowest BCUT2D eigenvalue weighted by molar-refractivity contribution is -0.169. The van der Waals surface area contributed by atoms with E-state index in [9.17, 15) is 4.79 Å².